The molecule has 1 atom stereocenters. The van der Waals surface area contributed by atoms with Crippen molar-refractivity contribution >= 4 is 135 Å². The first kappa shape index (κ1) is 81.2. The summed E-state index contributed by atoms with van der Waals surface area (Å²) in [6.45, 7) is 5.29. The van der Waals surface area contributed by atoms with E-state index in [1.54, 1.807) is 54.6 Å². The highest BCUT2D eigenvalue weighted by molar-refractivity contribution is 7.85. The number of nitrogens with zero attached hydrogens (tertiary/aromatic N) is 1. The van der Waals surface area contributed by atoms with Gasteiger partial charge in [0.2, 0.25) is 0 Å². The fourth-order valence-electron chi connectivity index (χ4n) is 9.38. The molecular formula is C69H76Cl6N4O16S. The fraction of sp³-hybridized carbons (Fsp3) is 0.348. The topological polar surface area (TPSA) is 322 Å². The van der Waals surface area contributed by atoms with Crippen molar-refractivity contribution < 1.29 is 77.6 Å². The number of aliphatic hydroxyl groups excluding tert-OH is 3. The molecule has 516 valence electrons. The second-order valence-electron chi connectivity index (χ2n) is 22.8. The lowest BCUT2D eigenvalue weighted by molar-refractivity contribution is 0.0592. The van der Waals surface area contributed by atoms with Crippen LogP contribution in [0.5, 0.6) is 0 Å². The Labute approximate surface area is 589 Å². The van der Waals surface area contributed by atoms with Crippen LogP contribution in [0.2, 0.25) is 30.1 Å². The molecule has 3 aliphatic carbocycles. The minimum Gasteiger partial charge on any atom is -0.478 e. The van der Waals surface area contributed by atoms with Crippen LogP contribution in [0.15, 0.2) is 114 Å². The number of halogens is 6. The molecule has 9 rings (SSSR count). The summed E-state index contributed by atoms with van der Waals surface area (Å²) in [5.41, 5.74) is 5.11. The van der Waals surface area contributed by atoms with Gasteiger partial charge in [-0.1, -0.05) is 138 Å². The molecule has 0 aliphatic heterocycles. The SMILES string of the molecule is CC(C)(C)[S@@](=O)N=Cc1ccc(C(=O)NC2CCCC2)c(Cl)c1.COC(=O)c1ccc(C(=O)O)cc1Cl.COC(=O)c1ccc(CO)cc1Cl.O=C(NC1CCCC1)c1ccc(CO)cc1Cl.O=C(O)c1ccc(CO)cc1Cl.O=Cc1ccc(C(=O)NC2CCCC2)c(Cl)c1. The summed E-state index contributed by atoms with van der Waals surface area (Å²) in [5, 5.41) is 54.2. The molecule has 6 aromatic rings. The van der Waals surface area contributed by atoms with Crippen molar-refractivity contribution in [3.8, 4) is 0 Å². The van der Waals surface area contributed by atoms with Crippen molar-refractivity contribution in [2.45, 2.75) is 141 Å². The molecule has 0 aromatic heterocycles. The second-order valence-corrected chi connectivity index (χ2v) is 27.1. The highest BCUT2D eigenvalue weighted by Gasteiger charge is 2.24. The Morgan fingerprint density at radius 1 is 0.469 bits per heavy atom. The molecule has 3 amide bonds. The van der Waals surface area contributed by atoms with Gasteiger partial charge in [0.1, 0.15) is 17.3 Å². The number of carbonyl (C=O) groups excluding carboxylic acids is 6. The predicted octanol–water partition coefficient (Wildman–Crippen LogP) is 14.2. The Kier molecular flexibility index (Phi) is 34.7. The van der Waals surface area contributed by atoms with E-state index in [1.165, 1.54) is 114 Å². The Balaban J connectivity index is 0.000000248. The van der Waals surface area contributed by atoms with Crippen molar-refractivity contribution in [3.05, 3.63) is 206 Å². The molecule has 0 unspecified atom stereocenters. The number of carboxylic acid groups (broad SMARTS) is 2. The van der Waals surface area contributed by atoms with Crippen LogP contribution in [-0.2, 0) is 40.3 Å². The maximum absolute atomic E-state index is 12.3. The zero-order valence-corrected chi connectivity index (χ0v) is 58.6. The molecule has 0 bridgehead atoms. The normalized spacial score (nSPS) is 13.8. The number of aliphatic hydroxyl groups is 3. The molecule has 3 aliphatic rings. The molecule has 96 heavy (non-hydrogen) atoms. The summed E-state index contributed by atoms with van der Waals surface area (Å²) < 4.78 is 24.5. The molecule has 0 radical (unpaired) electrons. The van der Waals surface area contributed by atoms with E-state index in [9.17, 15) is 42.6 Å². The first-order valence-corrected chi connectivity index (χ1v) is 33.5. The van der Waals surface area contributed by atoms with Crippen LogP contribution in [0.4, 0.5) is 0 Å². The van der Waals surface area contributed by atoms with Gasteiger partial charge in [-0.05, 0) is 160 Å². The predicted molar refractivity (Wildman–Crippen MR) is 373 cm³/mol. The number of carbonyl (C=O) groups is 8. The number of carboxylic acids is 2. The number of aldehydes is 1. The zero-order valence-electron chi connectivity index (χ0n) is 53.2. The lowest BCUT2D eigenvalue weighted by Crippen LogP contribution is -2.32. The van der Waals surface area contributed by atoms with Gasteiger partial charge < -0.3 is 51.0 Å². The molecular weight excluding hydrogens is 1390 g/mol. The van der Waals surface area contributed by atoms with Crippen LogP contribution < -0.4 is 16.0 Å². The van der Waals surface area contributed by atoms with Crippen LogP contribution in [0.1, 0.15) is 203 Å². The third-order valence-corrected chi connectivity index (χ3v) is 17.9. The Hall–Kier alpha value is -7.28. The number of esters is 2. The van der Waals surface area contributed by atoms with Crippen molar-refractivity contribution in [2.75, 3.05) is 14.2 Å². The van der Waals surface area contributed by atoms with Gasteiger partial charge in [-0.25, -0.2) is 23.4 Å². The van der Waals surface area contributed by atoms with Gasteiger partial charge in [-0.2, -0.15) is 4.40 Å². The minimum atomic E-state index is -1.31. The standard InChI is InChI=1S/C17H23ClN2O2S.C13H16ClNO2.C13H14ClNO2.C9H7ClO4.C9H9ClO3.C8H7ClO3/c1-17(2,3)23(22)19-11-12-8-9-14(15(18)10-12)16(21)20-13-6-4-5-7-13;2*14-12-7-9(8-16)5-6-11(12)13(17)15-10-3-1-2-4-10;1-14-9(13)6-3-2-5(8(11)12)4-7(6)10;1-13-9(12)7-3-2-6(5-11)4-8(7)10;9-7-3-5(4-10)1-2-6(7)8(11)12/h8-11,13H,4-7H2,1-3H3,(H,20,21);5-7,10,16H,1-4,8H2,(H,15,17);5-8,10H,1-4H2,(H,15,17);2-4H,1H3,(H,11,12);2-4,11H,5H2,1H3;1-3,10H,4H2,(H,11,12)/t23-;;;;;/m1...../s1. The molecule has 3 saturated carbocycles. The van der Waals surface area contributed by atoms with E-state index in [2.05, 4.69) is 29.8 Å². The van der Waals surface area contributed by atoms with Gasteiger partial charge in [-0.15, -0.1) is 0 Å². The number of hydrogen-bond acceptors (Lipinski definition) is 14. The third-order valence-electron chi connectivity index (χ3n) is 14.7. The smallest absolute Gasteiger partial charge is 0.339 e. The van der Waals surface area contributed by atoms with Gasteiger partial charge in [0.15, 0.2) is 0 Å². The van der Waals surface area contributed by atoms with Gasteiger partial charge in [0, 0.05) is 29.9 Å². The Morgan fingerprint density at radius 2 is 0.781 bits per heavy atom. The number of methoxy groups -OCH3 is 2. The summed E-state index contributed by atoms with van der Waals surface area (Å²) in [7, 11) is 1.20. The summed E-state index contributed by atoms with van der Waals surface area (Å²) in [4.78, 5) is 89.8. The van der Waals surface area contributed by atoms with Crippen LogP contribution in [-0.4, -0.2) is 121 Å². The molecule has 3 fully saturated rings. The van der Waals surface area contributed by atoms with E-state index in [4.69, 9.17) is 95.1 Å². The number of nitrogens with one attached hydrogen (secondary N) is 3. The second kappa shape index (κ2) is 41.1. The maximum atomic E-state index is 12.3. The number of amides is 3. The summed E-state index contributed by atoms with van der Waals surface area (Å²) in [6.07, 6.45) is 15.5. The van der Waals surface area contributed by atoms with E-state index < -0.39 is 39.6 Å². The third kappa shape index (κ3) is 26.6. The maximum Gasteiger partial charge on any atom is 0.339 e. The zero-order chi connectivity index (χ0) is 71.2. The summed E-state index contributed by atoms with van der Waals surface area (Å²) >= 11 is 35.3. The van der Waals surface area contributed by atoms with Crippen LogP contribution in [0.25, 0.3) is 0 Å². The number of benzene rings is 6. The minimum absolute atomic E-state index is 0.0302. The van der Waals surface area contributed by atoms with E-state index in [0.717, 1.165) is 44.1 Å². The van der Waals surface area contributed by atoms with Crippen molar-refractivity contribution in [1.82, 2.24) is 16.0 Å². The first-order chi connectivity index (χ1) is 45.6. The first-order valence-electron chi connectivity index (χ1n) is 30.1. The molecule has 0 saturated heterocycles. The number of hydrogen-bond donors (Lipinski definition) is 8. The number of rotatable bonds is 16. The summed E-state index contributed by atoms with van der Waals surface area (Å²) in [6, 6.07) is 28.5. The average molecular weight is 1460 g/mol. The van der Waals surface area contributed by atoms with Crippen molar-refractivity contribution in [3.63, 3.8) is 0 Å². The average Bonchev–Trinajstić information content (AvgIpc) is 1.22. The Morgan fingerprint density at radius 3 is 1.08 bits per heavy atom. The van der Waals surface area contributed by atoms with E-state index >= 15 is 0 Å². The van der Waals surface area contributed by atoms with Crippen molar-refractivity contribution in [2.24, 2.45) is 4.40 Å². The largest absolute Gasteiger partial charge is 0.478 e. The van der Waals surface area contributed by atoms with Gasteiger partial charge in [-0.3, -0.25) is 19.2 Å². The molecule has 0 spiro atoms. The molecule has 6 aromatic carbocycles. The molecule has 27 heteroatoms. The number of aromatic carboxylic acids is 2. The molecule has 8 N–H and O–H groups in total. The quantitative estimate of drug-likeness (QED) is 0.0254. The van der Waals surface area contributed by atoms with Gasteiger partial charge >= 0.3 is 23.9 Å². The van der Waals surface area contributed by atoms with Gasteiger partial charge in [0.05, 0.1) is 108 Å². The van der Waals surface area contributed by atoms with Crippen LogP contribution in [0.3, 0.4) is 0 Å². The van der Waals surface area contributed by atoms with E-state index in [0.29, 0.717) is 70.9 Å². The lowest BCUT2D eigenvalue weighted by Gasteiger charge is -2.13. The van der Waals surface area contributed by atoms with E-state index in [-0.39, 0.29) is 82.4 Å². The van der Waals surface area contributed by atoms with Crippen LogP contribution in [0, 0.1) is 0 Å². The fourth-order valence-corrected chi connectivity index (χ4v) is 11.6. The highest BCUT2D eigenvalue weighted by atomic mass is 35.5. The lowest BCUT2D eigenvalue weighted by atomic mass is 10.1. The number of ether oxygens (including phenoxy) is 2. The Bertz CT molecular complexity index is 3740. The van der Waals surface area contributed by atoms with E-state index in [1.807, 2.05) is 20.8 Å². The summed E-state index contributed by atoms with van der Waals surface area (Å²) in [5.74, 6) is -3.64. The highest BCUT2D eigenvalue weighted by Crippen LogP contribution is 2.26. The van der Waals surface area contributed by atoms with Gasteiger partial charge in [0.25, 0.3) is 17.7 Å². The molecule has 0 heterocycles. The monoisotopic (exact) mass is 1460 g/mol. The van der Waals surface area contributed by atoms with Crippen molar-refractivity contribution in [1.29, 1.82) is 0 Å². The van der Waals surface area contributed by atoms with Crippen LogP contribution >= 0.6 is 69.6 Å². The molecule has 20 nitrogen and oxygen atoms in total.